The topological polar surface area (TPSA) is 38.3 Å². The van der Waals surface area contributed by atoms with Crippen LogP contribution in [-0.2, 0) is 9.53 Å². The molecule has 112 valence electrons. The third-order valence-electron chi connectivity index (χ3n) is 3.28. The van der Waals surface area contributed by atoms with Crippen molar-refractivity contribution < 1.29 is 13.9 Å². The first-order valence-corrected chi connectivity index (χ1v) is 7.07. The summed E-state index contributed by atoms with van der Waals surface area (Å²) in [7, 11) is 1.40. The number of nitrogens with one attached hydrogen (secondary N) is 1. The smallest absolute Gasteiger partial charge is 0.322 e. The van der Waals surface area contributed by atoms with Crippen molar-refractivity contribution in [1.82, 2.24) is 5.32 Å². The second-order valence-corrected chi connectivity index (χ2v) is 5.38. The lowest BCUT2D eigenvalue weighted by Gasteiger charge is -2.25. The summed E-state index contributed by atoms with van der Waals surface area (Å²) in [5.41, 5.74) is 0.978. The van der Waals surface area contributed by atoms with Crippen molar-refractivity contribution in [2.45, 2.75) is 45.7 Å². The van der Waals surface area contributed by atoms with Crippen LogP contribution in [0.4, 0.5) is 4.39 Å². The van der Waals surface area contributed by atoms with Crippen molar-refractivity contribution >= 4 is 5.97 Å². The third-order valence-corrected chi connectivity index (χ3v) is 3.28. The lowest BCUT2D eigenvalue weighted by atomic mass is 9.99. The predicted octanol–water partition coefficient (Wildman–Crippen LogP) is 3.45. The standard InChI is InChI=1S/C16H24FNO2/c1-5-14(12-6-8-13(17)9-7-12)18-15(10-11(2)3)16(19)20-4/h6-9,11,14-15,18H,5,10H2,1-4H3. The van der Waals surface area contributed by atoms with Crippen LogP contribution >= 0.6 is 0 Å². The zero-order chi connectivity index (χ0) is 15.1. The first-order chi connectivity index (χ1) is 9.47. The minimum atomic E-state index is -0.338. The molecule has 1 aromatic rings. The molecule has 0 saturated heterocycles. The fourth-order valence-corrected chi connectivity index (χ4v) is 2.23. The summed E-state index contributed by atoms with van der Waals surface area (Å²) in [6.45, 7) is 6.16. The molecule has 20 heavy (non-hydrogen) atoms. The Morgan fingerprint density at radius 3 is 2.35 bits per heavy atom. The van der Waals surface area contributed by atoms with Gasteiger partial charge in [0.2, 0.25) is 0 Å². The van der Waals surface area contributed by atoms with Crippen molar-refractivity contribution in [3.8, 4) is 0 Å². The molecule has 1 aromatic carbocycles. The summed E-state index contributed by atoms with van der Waals surface area (Å²) in [6, 6.07) is 6.05. The summed E-state index contributed by atoms with van der Waals surface area (Å²) in [5, 5.41) is 3.32. The highest BCUT2D eigenvalue weighted by atomic mass is 19.1. The second kappa shape index (κ2) is 8.00. The van der Waals surface area contributed by atoms with Crippen LogP contribution in [0.15, 0.2) is 24.3 Å². The molecule has 4 heteroatoms. The van der Waals surface area contributed by atoms with Gasteiger partial charge in [-0.05, 0) is 36.5 Å². The molecule has 0 radical (unpaired) electrons. The zero-order valence-electron chi connectivity index (χ0n) is 12.7. The average molecular weight is 281 g/mol. The van der Waals surface area contributed by atoms with E-state index in [0.29, 0.717) is 12.3 Å². The summed E-state index contributed by atoms with van der Waals surface area (Å²) in [4.78, 5) is 11.8. The Morgan fingerprint density at radius 1 is 1.30 bits per heavy atom. The summed E-state index contributed by atoms with van der Waals surface area (Å²) in [5.74, 6) is -0.119. The minimum Gasteiger partial charge on any atom is -0.468 e. The lowest BCUT2D eigenvalue weighted by molar-refractivity contribution is -0.143. The molecule has 0 bridgehead atoms. The molecule has 0 heterocycles. The molecule has 0 aliphatic heterocycles. The highest BCUT2D eigenvalue weighted by molar-refractivity contribution is 5.75. The van der Waals surface area contributed by atoms with Crippen molar-refractivity contribution in [3.63, 3.8) is 0 Å². The number of hydrogen-bond donors (Lipinski definition) is 1. The molecule has 1 rings (SSSR count). The van der Waals surface area contributed by atoms with E-state index in [2.05, 4.69) is 19.2 Å². The van der Waals surface area contributed by atoms with E-state index in [-0.39, 0.29) is 23.9 Å². The Hall–Kier alpha value is -1.42. The second-order valence-electron chi connectivity index (χ2n) is 5.38. The van der Waals surface area contributed by atoms with Crippen LogP contribution in [0.2, 0.25) is 0 Å². The van der Waals surface area contributed by atoms with Crippen LogP contribution in [0.1, 0.15) is 45.2 Å². The molecule has 2 unspecified atom stereocenters. The van der Waals surface area contributed by atoms with Gasteiger partial charge in [0.05, 0.1) is 7.11 Å². The number of methoxy groups -OCH3 is 1. The van der Waals surface area contributed by atoms with Crippen LogP contribution < -0.4 is 5.32 Å². The number of ether oxygens (including phenoxy) is 1. The number of carbonyl (C=O) groups is 1. The average Bonchev–Trinajstić information content (AvgIpc) is 2.43. The Kier molecular flexibility index (Phi) is 6.65. The van der Waals surface area contributed by atoms with Gasteiger partial charge >= 0.3 is 5.97 Å². The first-order valence-electron chi connectivity index (χ1n) is 7.07. The number of carbonyl (C=O) groups excluding carboxylic acids is 1. The van der Waals surface area contributed by atoms with Gasteiger partial charge in [-0.2, -0.15) is 0 Å². The van der Waals surface area contributed by atoms with E-state index in [1.54, 1.807) is 12.1 Å². The molecular formula is C16H24FNO2. The fourth-order valence-electron chi connectivity index (χ4n) is 2.23. The Bertz CT molecular complexity index is 417. The van der Waals surface area contributed by atoms with Crippen LogP contribution in [0.3, 0.4) is 0 Å². The van der Waals surface area contributed by atoms with E-state index >= 15 is 0 Å². The van der Waals surface area contributed by atoms with E-state index < -0.39 is 0 Å². The van der Waals surface area contributed by atoms with Crippen LogP contribution in [0.25, 0.3) is 0 Å². The van der Waals surface area contributed by atoms with Gasteiger partial charge in [-0.15, -0.1) is 0 Å². The van der Waals surface area contributed by atoms with Gasteiger partial charge in [0.15, 0.2) is 0 Å². The van der Waals surface area contributed by atoms with Gasteiger partial charge < -0.3 is 4.74 Å². The molecular weight excluding hydrogens is 257 g/mol. The van der Waals surface area contributed by atoms with E-state index in [4.69, 9.17) is 4.74 Å². The van der Waals surface area contributed by atoms with Crippen LogP contribution in [0, 0.1) is 11.7 Å². The molecule has 0 amide bonds. The molecule has 0 aliphatic carbocycles. The Morgan fingerprint density at radius 2 is 1.90 bits per heavy atom. The molecule has 1 N–H and O–H groups in total. The largest absolute Gasteiger partial charge is 0.468 e. The summed E-state index contributed by atoms with van der Waals surface area (Å²) in [6.07, 6.45) is 1.53. The third kappa shape index (κ3) is 4.93. The van der Waals surface area contributed by atoms with Crippen LogP contribution in [0.5, 0.6) is 0 Å². The Labute approximate surface area is 120 Å². The fraction of sp³-hybridized carbons (Fsp3) is 0.562. The Balaban J connectivity index is 2.82. The van der Waals surface area contributed by atoms with Crippen LogP contribution in [-0.4, -0.2) is 19.1 Å². The number of hydrogen-bond acceptors (Lipinski definition) is 3. The molecule has 3 nitrogen and oxygen atoms in total. The maximum absolute atomic E-state index is 13.0. The molecule has 0 aliphatic rings. The monoisotopic (exact) mass is 281 g/mol. The van der Waals surface area contributed by atoms with Gasteiger partial charge in [0.25, 0.3) is 0 Å². The SMILES string of the molecule is CCC(NC(CC(C)C)C(=O)OC)c1ccc(F)cc1. The maximum Gasteiger partial charge on any atom is 0.322 e. The van der Waals surface area contributed by atoms with Crippen molar-refractivity contribution in [1.29, 1.82) is 0 Å². The summed E-state index contributed by atoms with van der Waals surface area (Å²) >= 11 is 0. The van der Waals surface area contributed by atoms with Crippen molar-refractivity contribution in [3.05, 3.63) is 35.6 Å². The highest BCUT2D eigenvalue weighted by Gasteiger charge is 2.23. The van der Waals surface area contributed by atoms with E-state index in [1.165, 1.54) is 19.2 Å². The van der Waals surface area contributed by atoms with Gasteiger partial charge in [0, 0.05) is 6.04 Å². The van der Waals surface area contributed by atoms with Gasteiger partial charge in [0.1, 0.15) is 11.9 Å². The first kappa shape index (κ1) is 16.6. The maximum atomic E-state index is 13.0. The molecule has 0 fully saturated rings. The van der Waals surface area contributed by atoms with Gasteiger partial charge in [-0.1, -0.05) is 32.9 Å². The lowest BCUT2D eigenvalue weighted by Crippen LogP contribution is -2.40. The van der Waals surface area contributed by atoms with E-state index in [0.717, 1.165) is 12.0 Å². The normalized spacial score (nSPS) is 14.1. The molecule has 0 spiro atoms. The van der Waals surface area contributed by atoms with E-state index in [9.17, 15) is 9.18 Å². The molecule has 0 saturated carbocycles. The predicted molar refractivity (Wildman–Crippen MR) is 77.8 cm³/mol. The van der Waals surface area contributed by atoms with Gasteiger partial charge in [-0.25, -0.2) is 4.39 Å². The number of rotatable bonds is 7. The number of halogens is 1. The van der Waals surface area contributed by atoms with Crippen molar-refractivity contribution in [2.75, 3.05) is 7.11 Å². The summed E-state index contributed by atoms with van der Waals surface area (Å²) < 4.78 is 17.8. The van der Waals surface area contributed by atoms with E-state index in [1.807, 2.05) is 6.92 Å². The zero-order valence-corrected chi connectivity index (χ0v) is 12.7. The number of benzene rings is 1. The number of esters is 1. The minimum absolute atomic E-state index is 0.0125. The van der Waals surface area contributed by atoms with Crippen molar-refractivity contribution in [2.24, 2.45) is 5.92 Å². The molecule has 0 aromatic heterocycles. The molecule has 2 atom stereocenters. The highest BCUT2D eigenvalue weighted by Crippen LogP contribution is 2.19. The van der Waals surface area contributed by atoms with Gasteiger partial charge in [-0.3, -0.25) is 10.1 Å². The quantitative estimate of drug-likeness (QED) is 0.778.